The van der Waals surface area contributed by atoms with E-state index in [1.165, 1.54) is 18.1 Å². The van der Waals surface area contributed by atoms with Gasteiger partial charge in [-0.1, -0.05) is 11.6 Å². The minimum Gasteiger partial charge on any atom is -0.491 e. The lowest BCUT2D eigenvalue weighted by atomic mass is 10.2. The lowest BCUT2D eigenvalue weighted by molar-refractivity contribution is -0.136. The summed E-state index contributed by atoms with van der Waals surface area (Å²) in [7, 11) is 3.12. The van der Waals surface area contributed by atoms with Gasteiger partial charge in [0.2, 0.25) is 11.8 Å². The van der Waals surface area contributed by atoms with Gasteiger partial charge in [0.1, 0.15) is 0 Å². The number of rotatable bonds is 9. The lowest BCUT2D eigenvalue weighted by Crippen LogP contribution is -2.40. The van der Waals surface area contributed by atoms with Crippen LogP contribution < -0.4 is 9.47 Å². The first-order valence-electron chi connectivity index (χ1n) is 8.59. The molecule has 1 rings (SSSR count). The monoisotopic (exact) mass is 382 g/mol. The molecule has 0 saturated heterocycles. The summed E-state index contributed by atoms with van der Waals surface area (Å²) in [5.74, 6) is 0.624. The normalized spacial score (nSPS) is 10.7. The molecule has 0 aromatic heterocycles. The molecule has 0 bridgehead atoms. The molecule has 0 spiro atoms. The molecule has 1 aromatic carbocycles. The summed E-state index contributed by atoms with van der Waals surface area (Å²) in [5, 5.41) is 0.399. The maximum Gasteiger partial charge on any atom is 0.246 e. The minimum atomic E-state index is -0.268. The summed E-state index contributed by atoms with van der Waals surface area (Å²) in [6.45, 7) is 7.43. The Hall–Kier alpha value is -2.21. The van der Waals surface area contributed by atoms with Crippen molar-refractivity contribution in [2.75, 3.05) is 40.4 Å². The number of carbonyl (C=O) groups excluding carboxylic acids is 2. The van der Waals surface area contributed by atoms with Crippen LogP contribution in [0.25, 0.3) is 6.08 Å². The Balaban J connectivity index is 2.86. The molecule has 144 valence electrons. The highest BCUT2D eigenvalue weighted by molar-refractivity contribution is 6.32. The van der Waals surface area contributed by atoms with E-state index in [1.54, 1.807) is 30.2 Å². The fourth-order valence-electron chi connectivity index (χ4n) is 2.40. The van der Waals surface area contributed by atoms with E-state index in [-0.39, 0.29) is 18.4 Å². The van der Waals surface area contributed by atoms with Crippen LogP contribution in [0.15, 0.2) is 18.2 Å². The van der Waals surface area contributed by atoms with Crippen molar-refractivity contribution < 1.29 is 19.1 Å². The van der Waals surface area contributed by atoms with Crippen LogP contribution in [0.4, 0.5) is 0 Å². The van der Waals surface area contributed by atoms with Crippen LogP contribution >= 0.6 is 11.6 Å². The van der Waals surface area contributed by atoms with Crippen LogP contribution in [0, 0.1) is 0 Å². The molecule has 0 unspecified atom stereocenters. The zero-order valence-corrected chi connectivity index (χ0v) is 16.8. The molecular weight excluding hydrogens is 356 g/mol. The molecule has 0 N–H and O–H groups in total. The van der Waals surface area contributed by atoms with E-state index in [9.17, 15) is 9.59 Å². The van der Waals surface area contributed by atoms with Crippen LogP contribution in [0.1, 0.15) is 26.3 Å². The van der Waals surface area contributed by atoms with Gasteiger partial charge < -0.3 is 19.3 Å². The molecule has 0 aliphatic rings. The number of hydrogen-bond donors (Lipinski definition) is 0. The van der Waals surface area contributed by atoms with Crippen molar-refractivity contribution in [3.05, 3.63) is 28.8 Å². The molecule has 0 fully saturated rings. The fraction of sp³-hybridized carbons (Fsp3) is 0.474. The molecule has 1 aromatic rings. The van der Waals surface area contributed by atoms with Gasteiger partial charge in [0.25, 0.3) is 0 Å². The number of ether oxygens (including phenoxy) is 2. The number of nitrogens with zero attached hydrogens (tertiary/aromatic N) is 2. The van der Waals surface area contributed by atoms with Crippen LogP contribution in [0.3, 0.4) is 0 Å². The van der Waals surface area contributed by atoms with E-state index in [2.05, 4.69) is 0 Å². The Morgan fingerprint density at radius 2 is 1.85 bits per heavy atom. The standard InChI is InChI=1S/C19H27ClN2O4/c1-6-22(7-2)18(24)13-21(4)17(23)10-9-14-11-15(20)19(25-5)16(12-14)26-8-3/h9-12H,6-8,13H2,1-5H3/b10-9+. The first-order chi connectivity index (χ1) is 12.4. The number of methoxy groups -OCH3 is 1. The summed E-state index contributed by atoms with van der Waals surface area (Å²) in [6, 6.07) is 3.44. The third kappa shape index (κ3) is 5.95. The minimum absolute atomic E-state index is 0.0401. The Morgan fingerprint density at radius 3 is 2.38 bits per heavy atom. The molecule has 0 atom stereocenters. The van der Waals surface area contributed by atoms with E-state index >= 15 is 0 Å². The van der Waals surface area contributed by atoms with Crippen LogP contribution in [-0.4, -0.2) is 62.0 Å². The van der Waals surface area contributed by atoms with Crippen molar-refractivity contribution in [2.24, 2.45) is 0 Å². The predicted octanol–water partition coefficient (Wildman–Crippen LogP) is 3.09. The molecule has 0 heterocycles. The van der Waals surface area contributed by atoms with E-state index < -0.39 is 0 Å². The fourth-order valence-corrected chi connectivity index (χ4v) is 2.69. The average Bonchev–Trinajstić information content (AvgIpc) is 2.60. The molecule has 0 aliphatic carbocycles. The maximum atomic E-state index is 12.2. The smallest absolute Gasteiger partial charge is 0.246 e. The van der Waals surface area contributed by atoms with Crippen molar-refractivity contribution in [3.63, 3.8) is 0 Å². The third-order valence-corrected chi connectivity index (χ3v) is 4.10. The van der Waals surface area contributed by atoms with Gasteiger partial charge in [-0.05, 0) is 44.5 Å². The van der Waals surface area contributed by atoms with Crippen LogP contribution in [-0.2, 0) is 9.59 Å². The highest BCUT2D eigenvalue weighted by Crippen LogP contribution is 2.36. The summed E-state index contributed by atoms with van der Waals surface area (Å²) in [6.07, 6.45) is 3.04. The van der Waals surface area contributed by atoms with Crippen molar-refractivity contribution in [1.82, 2.24) is 9.80 Å². The number of benzene rings is 1. The molecule has 0 aliphatic heterocycles. The Bertz CT molecular complexity index is 657. The second-order valence-corrected chi connectivity index (χ2v) is 5.97. The van der Waals surface area contributed by atoms with E-state index in [0.717, 1.165) is 0 Å². The van der Waals surface area contributed by atoms with Gasteiger partial charge in [0, 0.05) is 26.2 Å². The van der Waals surface area contributed by atoms with Gasteiger partial charge in [-0.3, -0.25) is 9.59 Å². The van der Waals surface area contributed by atoms with Crippen LogP contribution in [0.2, 0.25) is 5.02 Å². The molecular formula is C19H27ClN2O4. The van der Waals surface area contributed by atoms with E-state index in [4.69, 9.17) is 21.1 Å². The molecule has 0 radical (unpaired) electrons. The second-order valence-electron chi connectivity index (χ2n) is 5.56. The third-order valence-electron chi connectivity index (χ3n) is 3.82. The average molecular weight is 383 g/mol. The topological polar surface area (TPSA) is 59.1 Å². The molecule has 6 nitrogen and oxygen atoms in total. The van der Waals surface area contributed by atoms with Crippen molar-refractivity contribution in [2.45, 2.75) is 20.8 Å². The zero-order valence-electron chi connectivity index (χ0n) is 16.0. The molecule has 0 saturated carbocycles. The summed E-state index contributed by atoms with van der Waals surface area (Å²) >= 11 is 6.20. The van der Waals surface area contributed by atoms with Crippen molar-refractivity contribution in [3.8, 4) is 11.5 Å². The highest BCUT2D eigenvalue weighted by atomic mass is 35.5. The maximum absolute atomic E-state index is 12.2. The number of carbonyl (C=O) groups is 2. The number of amides is 2. The number of hydrogen-bond acceptors (Lipinski definition) is 4. The quantitative estimate of drug-likeness (QED) is 0.616. The Kier molecular flexibility index (Phi) is 8.99. The SMILES string of the molecule is CCOc1cc(/C=C/C(=O)N(C)CC(=O)N(CC)CC)cc(Cl)c1OC. The van der Waals surface area contributed by atoms with Crippen molar-refractivity contribution >= 4 is 29.5 Å². The van der Waals surface area contributed by atoms with E-state index in [1.807, 2.05) is 20.8 Å². The summed E-state index contributed by atoms with van der Waals surface area (Å²) in [5.41, 5.74) is 0.705. The second kappa shape index (κ2) is 10.7. The highest BCUT2D eigenvalue weighted by Gasteiger charge is 2.15. The van der Waals surface area contributed by atoms with E-state index in [0.29, 0.717) is 41.8 Å². The summed E-state index contributed by atoms with van der Waals surface area (Å²) in [4.78, 5) is 27.4. The Morgan fingerprint density at radius 1 is 1.19 bits per heavy atom. The van der Waals surface area contributed by atoms with Gasteiger partial charge in [-0.25, -0.2) is 0 Å². The molecule has 7 heteroatoms. The lowest BCUT2D eigenvalue weighted by Gasteiger charge is -2.22. The van der Waals surface area contributed by atoms with Gasteiger partial charge in [0.05, 0.1) is 25.3 Å². The number of halogens is 1. The van der Waals surface area contributed by atoms with Crippen molar-refractivity contribution in [1.29, 1.82) is 0 Å². The number of likely N-dealkylation sites (N-methyl/N-ethyl adjacent to an activating group) is 2. The molecule has 26 heavy (non-hydrogen) atoms. The van der Waals surface area contributed by atoms with Gasteiger partial charge in [-0.2, -0.15) is 0 Å². The molecule has 2 amide bonds. The largest absolute Gasteiger partial charge is 0.491 e. The zero-order chi connectivity index (χ0) is 19.7. The first-order valence-corrected chi connectivity index (χ1v) is 8.96. The summed E-state index contributed by atoms with van der Waals surface area (Å²) < 4.78 is 10.8. The first kappa shape index (κ1) is 21.8. The predicted molar refractivity (Wildman–Crippen MR) is 104 cm³/mol. The van der Waals surface area contributed by atoms with Crippen LogP contribution in [0.5, 0.6) is 11.5 Å². The van der Waals surface area contributed by atoms with Gasteiger partial charge in [0.15, 0.2) is 11.5 Å². The van der Waals surface area contributed by atoms with Gasteiger partial charge >= 0.3 is 0 Å². The van der Waals surface area contributed by atoms with Gasteiger partial charge in [-0.15, -0.1) is 0 Å². The Labute approximate surface area is 160 Å².